The van der Waals surface area contributed by atoms with Gasteiger partial charge in [-0.05, 0) is 12.8 Å². The van der Waals surface area contributed by atoms with Gasteiger partial charge in [0.15, 0.2) is 0 Å². The Kier molecular flexibility index (Phi) is 40.2. The van der Waals surface area contributed by atoms with Crippen LogP contribution in [0.4, 0.5) is 0 Å². The molecule has 0 bridgehead atoms. The predicted molar refractivity (Wildman–Crippen MR) is 204 cm³/mol. The summed E-state index contributed by atoms with van der Waals surface area (Å²) in [5, 5.41) is 0. The van der Waals surface area contributed by atoms with Crippen LogP contribution in [0.5, 0.6) is 0 Å². The maximum Gasteiger partial charge on any atom is 0.317 e. The van der Waals surface area contributed by atoms with Crippen LogP contribution in [0.2, 0.25) is 0 Å². The molecule has 0 aliphatic rings. The van der Waals surface area contributed by atoms with Crippen LogP contribution in [0, 0.1) is 0 Å². The highest BCUT2D eigenvalue weighted by atomic mass is 16.6. The van der Waals surface area contributed by atoms with E-state index in [2.05, 4.69) is 13.8 Å². The molecular formula is C43H84O4. The number of hydrogen-bond donors (Lipinski definition) is 0. The van der Waals surface area contributed by atoms with Gasteiger partial charge in [0.2, 0.25) is 0 Å². The molecule has 0 saturated heterocycles. The molecule has 0 saturated carbocycles. The van der Waals surface area contributed by atoms with Gasteiger partial charge in [-0.3, -0.25) is 9.59 Å². The smallest absolute Gasteiger partial charge is 0.317 e. The monoisotopic (exact) mass is 665 g/mol. The molecule has 0 aliphatic carbocycles. The maximum atomic E-state index is 11.9. The Hall–Kier alpha value is -1.06. The molecule has 0 fully saturated rings. The largest absolute Gasteiger partial charge is 0.465 e. The minimum atomic E-state index is -0.445. The highest BCUT2D eigenvalue weighted by Crippen LogP contribution is 2.16. The van der Waals surface area contributed by atoms with Crippen molar-refractivity contribution in [2.75, 3.05) is 13.2 Å². The quantitative estimate of drug-likeness (QED) is 0.0371. The van der Waals surface area contributed by atoms with E-state index in [4.69, 9.17) is 9.47 Å². The van der Waals surface area contributed by atoms with Crippen molar-refractivity contribution >= 4 is 11.9 Å². The predicted octanol–water partition coefficient (Wildman–Crippen LogP) is 14.5. The van der Waals surface area contributed by atoms with Gasteiger partial charge in [-0.15, -0.1) is 0 Å². The van der Waals surface area contributed by atoms with Gasteiger partial charge in [0.25, 0.3) is 0 Å². The lowest BCUT2D eigenvalue weighted by molar-refractivity contribution is -0.154. The summed E-state index contributed by atoms with van der Waals surface area (Å²) in [5.41, 5.74) is 0. The molecule has 0 aromatic carbocycles. The summed E-state index contributed by atoms with van der Waals surface area (Å²) in [7, 11) is 0. The fourth-order valence-electron chi connectivity index (χ4n) is 6.60. The molecule has 0 radical (unpaired) electrons. The number of ether oxygens (including phenoxy) is 2. The van der Waals surface area contributed by atoms with Crippen LogP contribution in [0.1, 0.15) is 251 Å². The highest BCUT2D eigenvalue weighted by molar-refractivity contribution is 5.91. The SMILES string of the molecule is CCCCCCCCCCCCCCCCCCCCOC(=O)CC(=O)OCCCCCCCCCCCCCCCCCCCC. The zero-order valence-corrected chi connectivity index (χ0v) is 32.2. The van der Waals surface area contributed by atoms with Crippen LogP contribution in [0.15, 0.2) is 0 Å². The Labute approximate surface area is 295 Å². The van der Waals surface area contributed by atoms with Gasteiger partial charge in [-0.25, -0.2) is 0 Å². The third kappa shape index (κ3) is 41.0. The van der Waals surface area contributed by atoms with Crippen molar-refractivity contribution in [3.8, 4) is 0 Å². The summed E-state index contributed by atoms with van der Waals surface area (Å²) >= 11 is 0. The Morgan fingerprint density at radius 3 is 0.638 bits per heavy atom. The van der Waals surface area contributed by atoms with E-state index in [1.807, 2.05) is 0 Å². The van der Waals surface area contributed by atoms with Crippen molar-refractivity contribution in [2.24, 2.45) is 0 Å². The Balaban J connectivity index is 3.25. The summed E-state index contributed by atoms with van der Waals surface area (Å²) in [4.78, 5) is 23.8. The minimum absolute atomic E-state index is 0.252. The van der Waals surface area contributed by atoms with Crippen molar-refractivity contribution in [3.63, 3.8) is 0 Å². The van der Waals surface area contributed by atoms with Crippen LogP contribution >= 0.6 is 0 Å². The lowest BCUT2D eigenvalue weighted by Gasteiger charge is -2.07. The number of rotatable bonds is 40. The van der Waals surface area contributed by atoms with E-state index in [1.165, 1.54) is 205 Å². The van der Waals surface area contributed by atoms with E-state index in [1.54, 1.807) is 0 Å². The van der Waals surface area contributed by atoms with Crippen LogP contribution in [-0.4, -0.2) is 25.2 Å². The first kappa shape index (κ1) is 45.9. The van der Waals surface area contributed by atoms with Gasteiger partial charge < -0.3 is 9.47 Å². The molecule has 0 unspecified atom stereocenters. The summed E-state index contributed by atoms with van der Waals surface area (Å²) in [6.07, 6.45) is 48.0. The first-order chi connectivity index (χ1) is 23.2. The number of hydrogen-bond acceptors (Lipinski definition) is 4. The van der Waals surface area contributed by atoms with E-state index in [0.717, 1.165) is 25.7 Å². The van der Waals surface area contributed by atoms with Gasteiger partial charge in [0.1, 0.15) is 6.42 Å². The molecule has 0 spiro atoms. The molecule has 280 valence electrons. The second-order valence-corrected chi connectivity index (χ2v) is 14.6. The van der Waals surface area contributed by atoms with Crippen LogP contribution in [0.25, 0.3) is 0 Å². The number of carbonyl (C=O) groups excluding carboxylic acids is 2. The Bertz CT molecular complexity index is 567. The first-order valence-corrected chi connectivity index (χ1v) is 21.5. The fourth-order valence-corrected chi connectivity index (χ4v) is 6.60. The van der Waals surface area contributed by atoms with Gasteiger partial charge in [0.05, 0.1) is 13.2 Å². The molecule has 0 rings (SSSR count). The van der Waals surface area contributed by atoms with Crippen molar-refractivity contribution in [2.45, 2.75) is 251 Å². The standard InChI is InChI=1S/C43H84O4/c1-3-5-7-9-11-13-15-17-19-21-23-25-27-29-31-33-35-37-39-46-42(44)41-43(45)47-40-38-36-34-32-30-28-26-24-22-20-18-16-14-12-10-8-6-4-2/h3-41H2,1-2H3. The van der Waals surface area contributed by atoms with E-state index in [0.29, 0.717) is 13.2 Å². The second kappa shape index (κ2) is 41.1. The summed E-state index contributed by atoms with van der Waals surface area (Å²) in [6.45, 7) is 5.41. The molecule has 0 aromatic heterocycles. The molecule has 47 heavy (non-hydrogen) atoms. The highest BCUT2D eigenvalue weighted by Gasteiger charge is 2.11. The molecule has 0 N–H and O–H groups in total. The summed E-state index contributed by atoms with van der Waals surface area (Å²) in [5.74, 6) is -0.889. The number of unbranched alkanes of at least 4 members (excludes halogenated alkanes) is 34. The van der Waals surface area contributed by atoms with E-state index >= 15 is 0 Å². The topological polar surface area (TPSA) is 52.6 Å². The van der Waals surface area contributed by atoms with E-state index < -0.39 is 11.9 Å². The minimum Gasteiger partial charge on any atom is -0.465 e. The lowest BCUT2D eigenvalue weighted by Crippen LogP contribution is -2.15. The van der Waals surface area contributed by atoms with Crippen LogP contribution < -0.4 is 0 Å². The van der Waals surface area contributed by atoms with Gasteiger partial charge in [-0.1, -0.05) is 232 Å². The fraction of sp³-hybridized carbons (Fsp3) is 0.953. The molecule has 0 atom stereocenters. The molecular weight excluding hydrogens is 580 g/mol. The molecule has 0 aliphatic heterocycles. The third-order valence-corrected chi connectivity index (χ3v) is 9.81. The average molecular weight is 665 g/mol. The van der Waals surface area contributed by atoms with Gasteiger partial charge in [-0.2, -0.15) is 0 Å². The molecule has 0 amide bonds. The Morgan fingerprint density at radius 2 is 0.447 bits per heavy atom. The van der Waals surface area contributed by atoms with Crippen LogP contribution in [0.3, 0.4) is 0 Å². The van der Waals surface area contributed by atoms with Gasteiger partial charge in [0, 0.05) is 0 Å². The zero-order chi connectivity index (χ0) is 34.1. The number of esters is 2. The van der Waals surface area contributed by atoms with Crippen molar-refractivity contribution < 1.29 is 19.1 Å². The maximum absolute atomic E-state index is 11.9. The van der Waals surface area contributed by atoms with E-state index in [-0.39, 0.29) is 6.42 Å². The van der Waals surface area contributed by atoms with Crippen molar-refractivity contribution in [3.05, 3.63) is 0 Å². The van der Waals surface area contributed by atoms with Gasteiger partial charge >= 0.3 is 11.9 Å². The third-order valence-electron chi connectivity index (χ3n) is 9.81. The zero-order valence-electron chi connectivity index (χ0n) is 32.2. The lowest BCUT2D eigenvalue weighted by atomic mass is 10.0. The normalized spacial score (nSPS) is 11.3. The number of carbonyl (C=O) groups is 2. The van der Waals surface area contributed by atoms with Crippen LogP contribution in [-0.2, 0) is 19.1 Å². The van der Waals surface area contributed by atoms with Crippen molar-refractivity contribution in [1.82, 2.24) is 0 Å². The molecule has 0 aromatic rings. The first-order valence-electron chi connectivity index (χ1n) is 21.5. The second-order valence-electron chi connectivity index (χ2n) is 14.6. The Morgan fingerprint density at radius 1 is 0.277 bits per heavy atom. The molecule has 0 heterocycles. The molecule has 4 nitrogen and oxygen atoms in total. The van der Waals surface area contributed by atoms with Crippen molar-refractivity contribution in [1.29, 1.82) is 0 Å². The summed E-state index contributed by atoms with van der Waals surface area (Å²) in [6, 6.07) is 0. The van der Waals surface area contributed by atoms with E-state index in [9.17, 15) is 9.59 Å². The average Bonchev–Trinajstić information content (AvgIpc) is 3.06. The molecule has 4 heteroatoms. The summed E-state index contributed by atoms with van der Waals surface area (Å²) < 4.78 is 10.5.